The van der Waals surface area contributed by atoms with Crippen LogP contribution in [0.4, 0.5) is 0 Å². The van der Waals surface area contributed by atoms with Crippen molar-refractivity contribution in [2.24, 2.45) is 5.92 Å². The molecule has 0 fully saturated rings. The van der Waals surface area contributed by atoms with Crippen molar-refractivity contribution >= 4 is 28.2 Å². The Bertz CT molecular complexity index is 1020. The van der Waals surface area contributed by atoms with Gasteiger partial charge < -0.3 is 14.2 Å². The van der Waals surface area contributed by atoms with Crippen molar-refractivity contribution in [3.05, 3.63) is 59.7 Å². The molecule has 2 aromatic carbocycles. The number of aryl methyl sites for hydroxylation is 1. The Morgan fingerprint density at radius 1 is 0.889 bits per heavy atom. The molecule has 200 valence electrons. The second-order valence-electron chi connectivity index (χ2n) is 9.01. The van der Waals surface area contributed by atoms with Crippen molar-refractivity contribution in [3.8, 4) is 5.75 Å². The van der Waals surface area contributed by atoms with E-state index in [1.807, 2.05) is 52.0 Å². The van der Waals surface area contributed by atoms with Gasteiger partial charge >= 0.3 is 0 Å². The zero-order valence-electron chi connectivity index (χ0n) is 21.6. The predicted molar refractivity (Wildman–Crippen MR) is 145 cm³/mol. The van der Waals surface area contributed by atoms with Crippen molar-refractivity contribution in [3.63, 3.8) is 0 Å². The number of nitrogens with one attached hydrogen (secondary N) is 1. The van der Waals surface area contributed by atoms with Gasteiger partial charge in [0.15, 0.2) is 10.5 Å². The third kappa shape index (κ3) is 10.2. The van der Waals surface area contributed by atoms with E-state index in [4.69, 9.17) is 14.2 Å². The zero-order chi connectivity index (χ0) is 26.6. The van der Waals surface area contributed by atoms with Crippen LogP contribution >= 0.6 is 12.6 Å². The number of hydrogen-bond acceptors (Lipinski definition) is 8. The third-order valence-corrected chi connectivity index (χ3v) is 8.22. The molecule has 2 aromatic rings. The maximum absolute atomic E-state index is 12.8. The van der Waals surface area contributed by atoms with Crippen LogP contribution in [0.2, 0.25) is 0 Å². The van der Waals surface area contributed by atoms with Crippen LogP contribution in [-0.4, -0.2) is 51.9 Å². The van der Waals surface area contributed by atoms with Crippen LogP contribution in [0.3, 0.4) is 0 Å². The van der Waals surface area contributed by atoms with Crippen molar-refractivity contribution in [1.82, 2.24) is 5.32 Å². The Kier molecular flexibility index (Phi) is 12.9. The van der Waals surface area contributed by atoms with Gasteiger partial charge in [-0.2, -0.15) is 0 Å². The van der Waals surface area contributed by atoms with Crippen LogP contribution in [0, 0.1) is 12.8 Å². The zero-order valence-corrected chi connectivity index (χ0v) is 23.3. The molecular weight excluding hydrogens is 498 g/mol. The Morgan fingerprint density at radius 2 is 1.47 bits per heavy atom. The summed E-state index contributed by atoms with van der Waals surface area (Å²) in [6, 6.07) is 14.1. The van der Waals surface area contributed by atoms with Crippen molar-refractivity contribution in [2.75, 3.05) is 33.0 Å². The van der Waals surface area contributed by atoms with E-state index in [9.17, 15) is 13.2 Å². The number of carbonyl (C=O) groups excluding carboxylic acids is 1. The molecule has 0 bridgehead atoms. The first-order chi connectivity index (χ1) is 17.1. The van der Waals surface area contributed by atoms with Crippen molar-refractivity contribution < 1.29 is 27.4 Å². The number of sulfone groups is 1. The van der Waals surface area contributed by atoms with E-state index in [2.05, 4.69) is 17.9 Å². The fourth-order valence-electron chi connectivity index (χ4n) is 3.16. The van der Waals surface area contributed by atoms with Gasteiger partial charge in [0.05, 0.1) is 11.5 Å². The summed E-state index contributed by atoms with van der Waals surface area (Å²) in [6.07, 6.45) is 1.50. The lowest BCUT2D eigenvalue weighted by Crippen LogP contribution is -2.34. The number of ether oxygens (including phenoxy) is 3. The van der Waals surface area contributed by atoms with Gasteiger partial charge in [0, 0.05) is 38.2 Å². The van der Waals surface area contributed by atoms with Crippen LogP contribution < -0.4 is 10.1 Å². The van der Waals surface area contributed by atoms with E-state index in [0.717, 1.165) is 29.7 Å². The van der Waals surface area contributed by atoms with Crippen molar-refractivity contribution in [2.45, 2.75) is 56.2 Å². The summed E-state index contributed by atoms with van der Waals surface area (Å²) in [6.45, 7) is 9.92. The van der Waals surface area contributed by atoms with Crippen LogP contribution in [0.1, 0.15) is 50.8 Å². The molecule has 0 heterocycles. The van der Waals surface area contributed by atoms with Gasteiger partial charge in [-0.05, 0) is 50.1 Å². The maximum Gasteiger partial charge on any atom is 0.203 e. The van der Waals surface area contributed by atoms with Gasteiger partial charge in [-0.15, -0.1) is 12.6 Å². The molecule has 1 N–H and O–H groups in total. The summed E-state index contributed by atoms with van der Waals surface area (Å²) < 4.78 is 41.2. The average molecular weight is 538 g/mol. The summed E-state index contributed by atoms with van der Waals surface area (Å²) in [7, 11) is -3.60. The first-order valence-corrected chi connectivity index (χ1v) is 14.3. The molecule has 0 aromatic heterocycles. The highest BCUT2D eigenvalue weighted by molar-refractivity contribution is 8.04. The van der Waals surface area contributed by atoms with Gasteiger partial charge in [0.25, 0.3) is 0 Å². The molecule has 1 unspecified atom stereocenters. The number of Topliss-reactive ketones (excluding diaryl/α,β-unsaturated/α-hetero) is 1. The molecule has 0 saturated carbocycles. The van der Waals surface area contributed by atoms with Gasteiger partial charge in [-0.3, -0.25) is 10.1 Å². The molecule has 0 aliphatic rings. The number of thiol groups is 1. The topological polar surface area (TPSA) is 90.9 Å². The van der Waals surface area contributed by atoms with Crippen LogP contribution in [0.25, 0.3) is 0 Å². The largest absolute Gasteiger partial charge is 0.494 e. The minimum atomic E-state index is -3.60. The Balaban J connectivity index is 1.65. The summed E-state index contributed by atoms with van der Waals surface area (Å²) in [4.78, 5) is 11.7. The second-order valence-corrected chi connectivity index (χ2v) is 11.9. The molecule has 0 amide bonds. The van der Waals surface area contributed by atoms with Gasteiger partial charge in [0.1, 0.15) is 12.4 Å². The summed E-state index contributed by atoms with van der Waals surface area (Å²) in [5, 5.41) is 3.06. The van der Waals surface area contributed by atoms with Crippen LogP contribution in [-0.2, 0) is 24.1 Å². The highest BCUT2D eigenvalue weighted by Crippen LogP contribution is 2.23. The minimum absolute atomic E-state index is 0.00568. The molecule has 2 rings (SSSR count). The van der Waals surface area contributed by atoms with E-state index < -0.39 is 14.5 Å². The highest BCUT2D eigenvalue weighted by atomic mass is 32.2. The van der Waals surface area contributed by atoms with E-state index in [1.165, 1.54) is 0 Å². The molecule has 2 atom stereocenters. The molecule has 0 spiro atoms. The van der Waals surface area contributed by atoms with E-state index in [1.54, 1.807) is 24.3 Å². The van der Waals surface area contributed by atoms with Gasteiger partial charge in [-0.1, -0.05) is 43.7 Å². The van der Waals surface area contributed by atoms with E-state index in [0.29, 0.717) is 26.4 Å². The highest BCUT2D eigenvalue weighted by Gasteiger charge is 2.25. The standard InChI is InChI=1S/C27H39NO6S2/c1-20(2)26(29)19-33-17-5-15-32-16-6-18-34-24-11-9-23(10-12-24)22(4)28-27(35)36(30,31)25-13-7-21(3)8-14-25/h7-14,20,22,27-28,35H,5-6,15-19H2,1-4H3/t22-,27?/m1/s1. The Hall–Kier alpha value is -1.91. The quantitative estimate of drug-likeness (QED) is 0.171. The minimum Gasteiger partial charge on any atom is -0.494 e. The molecule has 9 heteroatoms. The van der Waals surface area contributed by atoms with Crippen molar-refractivity contribution in [1.29, 1.82) is 0 Å². The molecule has 0 saturated heterocycles. The van der Waals surface area contributed by atoms with Gasteiger partial charge in [-0.25, -0.2) is 8.42 Å². The van der Waals surface area contributed by atoms with Gasteiger partial charge in [0.2, 0.25) is 9.84 Å². The smallest absolute Gasteiger partial charge is 0.203 e. The summed E-state index contributed by atoms with van der Waals surface area (Å²) in [5.74, 6) is 0.860. The number of benzene rings is 2. The molecule has 0 aliphatic carbocycles. The number of rotatable bonds is 17. The van der Waals surface area contributed by atoms with E-state index in [-0.39, 0.29) is 29.2 Å². The normalized spacial score (nSPS) is 13.5. The van der Waals surface area contributed by atoms with Crippen LogP contribution in [0.5, 0.6) is 5.75 Å². The van der Waals surface area contributed by atoms with E-state index >= 15 is 0 Å². The molecule has 0 aliphatic heterocycles. The Labute approximate surface area is 221 Å². The lowest BCUT2D eigenvalue weighted by molar-refractivity contribution is -0.126. The molecule has 0 radical (unpaired) electrons. The first-order valence-electron chi connectivity index (χ1n) is 12.3. The van der Waals surface area contributed by atoms with Crippen LogP contribution in [0.15, 0.2) is 53.4 Å². The average Bonchev–Trinajstić information content (AvgIpc) is 2.85. The summed E-state index contributed by atoms with van der Waals surface area (Å²) >= 11 is 4.31. The fourth-order valence-corrected chi connectivity index (χ4v) is 4.91. The Morgan fingerprint density at radius 3 is 2.08 bits per heavy atom. The monoisotopic (exact) mass is 537 g/mol. The lowest BCUT2D eigenvalue weighted by Gasteiger charge is -2.20. The summed E-state index contributed by atoms with van der Waals surface area (Å²) in [5.41, 5.74) is 1.93. The number of ketones is 1. The second kappa shape index (κ2) is 15.4. The SMILES string of the molecule is Cc1ccc(S(=O)(=O)C(S)N[C@H](C)c2ccc(OCCCOCCCOCC(=O)C(C)C)cc2)cc1. The molecular formula is C27H39NO6S2. The molecule has 36 heavy (non-hydrogen) atoms. The molecule has 7 nitrogen and oxygen atoms in total. The fraction of sp³-hybridized carbons (Fsp3) is 0.519. The third-order valence-electron chi connectivity index (χ3n) is 5.58. The number of hydrogen-bond donors (Lipinski definition) is 2. The number of carbonyl (C=O) groups is 1. The lowest BCUT2D eigenvalue weighted by atomic mass is 10.1. The maximum atomic E-state index is 12.8. The first kappa shape index (κ1) is 30.3. The predicted octanol–water partition coefficient (Wildman–Crippen LogP) is 4.75.